The zero-order valence-electron chi connectivity index (χ0n) is 18.3. The minimum absolute atomic E-state index is 0.00640. The van der Waals surface area contributed by atoms with Gasteiger partial charge in [0.05, 0.1) is 28.5 Å². The van der Waals surface area contributed by atoms with Gasteiger partial charge in [0, 0.05) is 38.1 Å². The fourth-order valence-corrected chi connectivity index (χ4v) is 4.38. The smallest absolute Gasteiger partial charge is 0.200 e. The van der Waals surface area contributed by atoms with Crippen molar-refractivity contribution in [1.82, 2.24) is 14.6 Å². The van der Waals surface area contributed by atoms with Gasteiger partial charge in [-0.05, 0) is 43.4 Å². The number of anilines is 1. The fraction of sp³-hybridized carbons (Fsp3) is 0.333. The number of aryl methyl sites for hydroxylation is 1. The molecule has 0 bridgehead atoms. The molecule has 8 heteroatoms. The maximum Gasteiger partial charge on any atom is 0.200 e. The fourth-order valence-electron chi connectivity index (χ4n) is 4.38. The maximum atomic E-state index is 13.4. The van der Waals surface area contributed by atoms with E-state index in [1.54, 1.807) is 12.4 Å². The lowest BCUT2D eigenvalue weighted by atomic mass is 10.1. The quantitative estimate of drug-likeness (QED) is 0.315. The summed E-state index contributed by atoms with van der Waals surface area (Å²) in [6.07, 6.45) is 7.23. The van der Waals surface area contributed by atoms with Crippen LogP contribution < -0.4 is 22.3 Å². The monoisotopic (exact) mass is 434 g/mol. The Bertz CT molecular complexity index is 1180. The largest absolute Gasteiger partial charge is 0.403 e. The molecule has 0 spiro atoms. The van der Waals surface area contributed by atoms with Gasteiger partial charge < -0.3 is 25.7 Å². The molecule has 1 aliphatic rings. The number of fused-ring (bicyclic) bond motifs is 2. The number of rotatable bonds is 8. The van der Waals surface area contributed by atoms with Gasteiger partial charge >= 0.3 is 0 Å². The van der Waals surface area contributed by atoms with Crippen molar-refractivity contribution < 1.29 is 5.11 Å². The van der Waals surface area contributed by atoms with Gasteiger partial charge in [-0.15, -0.1) is 0 Å². The molecule has 0 amide bonds. The number of pyridine rings is 2. The molecule has 0 fully saturated rings. The lowest BCUT2D eigenvalue weighted by Crippen LogP contribution is -2.34. The Labute approximate surface area is 187 Å². The van der Waals surface area contributed by atoms with Crippen molar-refractivity contribution >= 4 is 22.4 Å². The second-order valence-electron chi connectivity index (χ2n) is 8.09. The number of hydrogen-bond donors (Lipinski definition) is 4. The summed E-state index contributed by atoms with van der Waals surface area (Å²) >= 11 is 0. The van der Waals surface area contributed by atoms with E-state index in [9.17, 15) is 4.79 Å². The maximum absolute atomic E-state index is 13.4. The molecule has 6 N–H and O–H groups in total. The highest BCUT2D eigenvalue weighted by atomic mass is 16.3. The zero-order valence-corrected chi connectivity index (χ0v) is 18.3. The van der Waals surface area contributed by atoms with Crippen LogP contribution in [-0.2, 0) is 19.4 Å². The van der Waals surface area contributed by atoms with E-state index in [-0.39, 0.29) is 18.1 Å². The third kappa shape index (κ3) is 4.19. The van der Waals surface area contributed by atoms with Crippen LogP contribution in [-0.4, -0.2) is 38.9 Å². The SMILES string of the molecule is CCn1cc(/C(=C/N)N(N)CCCO)c(=O)c2cc(NC3Cc4ccccc4C3)cnc21. The molecule has 0 atom stereocenters. The van der Waals surface area contributed by atoms with Gasteiger partial charge in [-0.25, -0.2) is 10.8 Å². The third-order valence-corrected chi connectivity index (χ3v) is 5.98. The lowest BCUT2D eigenvalue weighted by molar-refractivity contribution is 0.264. The van der Waals surface area contributed by atoms with E-state index >= 15 is 0 Å². The summed E-state index contributed by atoms with van der Waals surface area (Å²) in [7, 11) is 0. The van der Waals surface area contributed by atoms with Crippen LogP contribution in [0.25, 0.3) is 16.7 Å². The first-order valence-corrected chi connectivity index (χ1v) is 11.0. The molecule has 32 heavy (non-hydrogen) atoms. The van der Waals surface area contributed by atoms with Gasteiger partial charge in [-0.1, -0.05) is 24.3 Å². The number of hydrogen-bond acceptors (Lipinski definition) is 7. The molecule has 0 unspecified atom stereocenters. The predicted molar refractivity (Wildman–Crippen MR) is 128 cm³/mol. The van der Waals surface area contributed by atoms with Gasteiger partial charge in [0.15, 0.2) is 0 Å². The van der Waals surface area contributed by atoms with Crippen molar-refractivity contribution in [3.05, 3.63) is 75.8 Å². The number of benzene rings is 1. The first-order valence-electron chi connectivity index (χ1n) is 11.0. The van der Waals surface area contributed by atoms with E-state index in [0.29, 0.717) is 41.8 Å². The Balaban J connectivity index is 1.69. The molecule has 1 aliphatic carbocycles. The molecular weight excluding hydrogens is 404 g/mol. The van der Waals surface area contributed by atoms with Crippen LogP contribution in [0.3, 0.4) is 0 Å². The number of aliphatic hydroxyl groups is 1. The van der Waals surface area contributed by atoms with Crippen LogP contribution in [0, 0.1) is 0 Å². The Morgan fingerprint density at radius 1 is 1.34 bits per heavy atom. The standard InChI is InChI=1S/C24H30N6O2/c1-2-29-15-21(22(13-25)30(26)8-5-9-31)23(32)20-12-19(14-27-24(20)29)28-18-10-16-6-3-4-7-17(16)11-18/h3-4,6-7,12-15,18,28,31H,2,5,8-11,25-26H2,1H3/b22-13-. The average molecular weight is 435 g/mol. The molecule has 3 aromatic rings. The van der Waals surface area contributed by atoms with Gasteiger partial charge in [-0.2, -0.15) is 0 Å². The van der Waals surface area contributed by atoms with Gasteiger partial charge in [0.2, 0.25) is 5.43 Å². The van der Waals surface area contributed by atoms with Crippen molar-refractivity contribution in [3.8, 4) is 0 Å². The lowest BCUT2D eigenvalue weighted by Gasteiger charge is -2.22. The molecule has 0 aliphatic heterocycles. The molecular formula is C24H30N6O2. The Kier molecular flexibility index (Phi) is 6.43. The predicted octanol–water partition coefficient (Wildman–Crippen LogP) is 1.81. The first kappa shape index (κ1) is 21.9. The van der Waals surface area contributed by atoms with Crippen LogP contribution in [0.15, 0.2) is 53.7 Å². The molecule has 2 heterocycles. The average Bonchev–Trinajstić information content (AvgIpc) is 3.22. The Hall–Kier alpha value is -3.36. The molecule has 8 nitrogen and oxygen atoms in total. The molecule has 4 rings (SSSR count). The number of nitrogens with one attached hydrogen (secondary N) is 1. The zero-order chi connectivity index (χ0) is 22.7. The number of nitrogens with zero attached hydrogens (tertiary/aromatic N) is 3. The highest BCUT2D eigenvalue weighted by Gasteiger charge is 2.22. The van der Waals surface area contributed by atoms with E-state index in [1.165, 1.54) is 22.3 Å². The van der Waals surface area contributed by atoms with Gasteiger partial charge in [0.25, 0.3) is 0 Å². The Morgan fingerprint density at radius 2 is 2.06 bits per heavy atom. The molecule has 2 aromatic heterocycles. The highest BCUT2D eigenvalue weighted by molar-refractivity contribution is 5.82. The van der Waals surface area contributed by atoms with E-state index in [4.69, 9.17) is 16.7 Å². The van der Waals surface area contributed by atoms with E-state index < -0.39 is 0 Å². The number of aromatic nitrogens is 2. The Morgan fingerprint density at radius 3 is 2.69 bits per heavy atom. The third-order valence-electron chi connectivity index (χ3n) is 5.98. The number of hydrazine groups is 1. The number of nitrogens with two attached hydrogens (primary N) is 2. The summed E-state index contributed by atoms with van der Waals surface area (Å²) in [4.78, 5) is 18.0. The van der Waals surface area contributed by atoms with Crippen LogP contribution in [0.2, 0.25) is 0 Å². The first-order chi connectivity index (χ1) is 15.5. The normalized spacial score (nSPS) is 14.0. The number of aliphatic hydroxyl groups excluding tert-OH is 1. The second-order valence-corrected chi connectivity index (χ2v) is 8.09. The van der Waals surface area contributed by atoms with Gasteiger partial charge in [0.1, 0.15) is 5.65 Å². The van der Waals surface area contributed by atoms with Crippen LogP contribution >= 0.6 is 0 Å². The summed E-state index contributed by atoms with van der Waals surface area (Å²) in [5.41, 5.74) is 10.7. The second kappa shape index (κ2) is 9.42. The summed E-state index contributed by atoms with van der Waals surface area (Å²) in [6.45, 7) is 3.02. The minimum atomic E-state index is -0.174. The summed E-state index contributed by atoms with van der Waals surface area (Å²) < 4.78 is 1.92. The van der Waals surface area contributed by atoms with Crippen LogP contribution in [0.5, 0.6) is 0 Å². The highest BCUT2D eigenvalue weighted by Crippen LogP contribution is 2.25. The minimum Gasteiger partial charge on any atom is -0.403 e. The molecule has 0 saturated carbocycles. The van der Waals surface area contributed by atoms with E-state index in [0.717, 1.165) is 18.5 Å². The molecule has 0 radical (unpaired) electrons. The van der Waals surface area contributed by atoms with Crippen molar-refractivity contribution in [3.63, 3.8) is 0 Å². The molecule has 168 valence electrons. The van der Waals surface area contributed by atoms with Crippen LogP contribution in [0.4, 0.5) is 5.69 Å². The molecule has 0 saturated heterocycles. The molecule has 1 aromatic carbocycles. The topological polar surface area (TPSA) is 122 Å². The summed E-state index contributed by atoms with van der Waals surface area (Å²) in [5.74, 6) is 6.13. The van der Waals surface area contributed by atoms with Crippen molar-refractivity contribution in [2.24, 2.45) is 11.6 Å². The summed E-state index contributed by atoms with van der Waals surface area (Å²) in [5, 5.41) is 14.6. The van der Waals surface area contributed by atoms with Crippen molar-refractivity contribution in [1.29, 1.82) is 0 Å². The van der Waals surface area contributed by atoms with Crippen molar-refractivity contribution in [2.45, 2.75) is 38.8 Å². The van der Waals surface area contributed by atoms with Gasteiger partial charge in [-0.3, -0.25) is 4.79 Å². The van der Waals surface area contributed by atoms with E-state index in [1.807, 2.05) is 17.6 Å². The van der Waals surface area contributed by atoms with Crippen LogP contribution in [0.1, 0.15) is 30.0 Å². The van der Waals surface area contributed by atoms with E-state index in [2.05, 4.69) is 34.6 Å². The van der Waals surface area contributed by atoms with Crippen molar-refractivity contribution in [2.75, 3.05) is 18.5 Å². The summed E-state index contributed by atoms with van der Waals surface area (Å²) in [6, 6.07) is 10.6.